The first-order valence-corrected chi connectivity index (χ1v) is 7.41. The molecule has 1 amide bonds. The van der Waals surface area contributed by atoms with E-state index in [-0.39, 0.29) is 23.0 Å². The molecule has 0 aliphatic carbocycles. The highest BCUT2D eigenvalue weighted by Gasteiger charge is 2.20. The lowest BCUT2D eigenvalue weighted by molar-refractivity contribution is -0.119. The Morgan fingerprint density at radius 2 is 2.24 bits per heavy atom. The molecule has 0 radical (unpaired) electrons. The number of halogens is 1. The van der Waals surface area contributed by atoms with Crippen LogP contribution < -0.4 is 5.32 Å². The van der Waals surface area contributed by atoms with Crippen molar-refractivity contribution in [1.29, 1.82) is 0 Å². The Hall–Kier alpha value is -1.08. The van der Waals surface area contributed by atoms with E-state index in [0.29, 0.717) is 6.54 Å². The van der Waals surface area contributed by atoms with E-state index in [1.807, 2.05) is 6.92 Å². The summed E-state index contributed by atoms with van der Waals surface area (Å²) in [5.41, 5.74) is 0.253. The second-order valence-corrected chi connectivity index (χ2v) is 6.09. The predicted octanol–water partition coefficient (Wildman–Crippen LogP) is 0.857. The van der Waals surface area contributed by atoms with Gasteiger partial charge in [-0.3, -0.25) is 9.48 Å². The average Bonchev–Trinajstić information content (AvgIpc) is 2.58. The zero-order valence-corrected chi connectivity index (χ0v) is 11.2. The monoisotopic (exact) mass is 279 g/mol. The van der Waals surface area contributed by atoms with E-state index in [2.05, 4.69) is 10.4 Å². The molecule has 1 aromatic heterocycles. The van der Waals surface area contributed by atoms with Gasteiger partial charge in [-0.1, -0.05) is 6.92 Å². The minimum absolute atomic E-state index is 0.0489. The van der Waals surface area contributed by atoms with Crippen LogP contribution in [-0.2, 0) is 26.9 Å². The van der Waals surface area contributed by atoms with E-state index in [9.17, 15) is 13.2 Å². The number of carbonyl (C=O) groups excluding carboxylic acids is 1. The van der Waals surface area contributed by atoms with Crippen molar-refractivity contribution in [3.63, 3.8) is 0 Å². The summed E-state index contributed by atoms with van der Waals surface area (Å²) in [6.07, 6.45) is 2.20. The largest absolute Gasteiger partial charge is 0.351 e. The van der Waals surface area contributed by atoms with Crippen molar-refractivity contribution < 1.29 is 13.2 Å². The number of aromatic nitrogens is 2. The molecule has 0 fully saturated rings. The molecule has 8 heteroatoms. The van der Waals surface area contributed by atoms with E-state index in [4.69, 9.17) is 10.7 Å². The van der Waals surface area contributed by atoms with Crippen molar-refractivity contribution in [2.24, 2.45) is 0 Å². The molecule has 17 heavy (non-hydrogen) atoms. The van der Waals surface area contributed by atoms with Gasteiger partial charge >= 0.3 is 0 Å². The van der Waals surface area contributed by atoms with Crippen LogP contribution in [0.4, 0.5) is 0 Å². The minimum atomic E-state index is -3.84. The van der Waals surface area contributed by atoms with Gasteiger partial charge in [0.2, 0.25) is 5.91 Å². The van der Waals surface area contributed by atoms with Gasteiger partial charge in [-0.05, 0) is 6.42 Å². The molecule has 0 spiro atoms. The number of hydrogen-bond donors (Lipinski definition) is 1. The van der Waals surface area contributed by atoms with E-state index >= 15 is 0 Å². The third kappa shape index (κ3) is 4.01. The maximum absolute atomic E-state index is 11.3. The summed E-state index contributed by atoms with van der Waals surface area (Å²) in [7, 11) is 1.46. The molecule has 1 N–H and O–H groups in total. The van der Waals surface area contributed by atoms with Crippen molar-refractivity contribution >= 4 is 25.6 Å². The number of aryl methyl sites for hydroxylation is 1. The third-order valence-corrected chi connectivity index (χ3v) is 3.39. The van der Waals surface area contributed by atoms with Crippen molar-refractivity contribution in [2.75, 3.05) is 0 Å². The van der Waals surface area contributed by atoms with Crippen LogP contribution in [0.2, 0.25) is 0 Å². The smallest absolute Gasteiger partial charge is 0.264 e. The zero-order chi connectivity index (χ0) is 13.1. The summed E-state index contributed by atoms with van der Waals surface area (Å²) in [5.74, 6) is -0.257. The molecular weight excluding hydrogens is 266 g/mol. The predicted molar refractivity (Wildman–Crippen MR) is 63.1 cm³/mol. The fraction of sp³-hybridized carbons (Fsp3) is 0.556. The number of nitrogens with zero attached hydrogens (tertiary/aromatic N) is 2. The van der Waals surface area contributed by atoms with Gasteiger partial charge in [0.25, 0.3) is 9.05 Å². The minimum Gasteiger partial charge on any atom is -0.351 e. The fourth-order valence-corrected chi connectivity index (χ4v) is 2.35. The van der Waals surface area contributed by atoms with Crippen molar-refractivity contribution in [3.8, 4) is 0 Å². The quantitative estimate of drug-likeness (QED) is 0.811. The Morgan fingerprint density at radius 3 is 2.71 bits per heavy atom. The van der Waals surface area contributed by atoms with Gasteiger partial charge in [0.1, 0.15) is 10.6 Å². The summed E-state index contributed by atoms with van der Waals surface area (Å²) in [4.78, 5) is 10.7. The number of nitrogens with one attached hydrogen (secondary N) is 1. The molecule has 0 atom stereocenters. The lowest BCUT2D eigenvalue weighted by Crippen LogP contribution is -2.20. The molecule has 96 valence electrons. The first kappa shape index (κ1) is 14.0. The molecule has 0 bridgehead atoms. The van der Waals surface area contributed by atoms with Crippen LogP contribution in [0.5, 0.6) is 0 Å². The molecule has 1 aromatic rings. The van der Waals surface area contributed by atoms with Gasteiger partial charge in [0.05, 0.1) is 6.54 Å². The summed E-state index contributed by atoms with van der Waals surface area (Å²) in [5, 5.41) is 6.57. The Balaban J connectivity index is 3.04. The molecule has 0 saturated heterocycles. The molecule has 0 aliphatic rings. The summed E-state index contributed by atoms with van der Waals surface area (Å²) < 4.78 is 24.1. The van der Waals surface area contributed by atoms with E-state index in [0.717, 1.165) is 6.42 Å². The van der Waals surface area contributed by atoms with Crippen LogP contribution in [0.1, 0.15) is 26.0 Å². The maximum atomic E-state index is 11.3. The first-order valence-electron chi connectivity index (χ1n) is 5.10. The number of carbonyl (C=O) groups is 1. The summed E-state index contributed by atoms with van der Waals surface area (Å²) >= 11 is 0. The van der Waals surface area contributed by atoms with Gasteiger partial charge < -0.3 is 5.32 Å². The molecule has 0 saturated carbocycles. The van der Waals surface area contributed by atoms with E-state index < -0.39 is 9.05 Å². The van der Waals surface area contributed by atoms with Gasteiger partial charge in [-0.15, -0.1) is 0 Å². The van der Waals surface area contributed by atoms with E-state index in [1.165, 1.54) is 17.8 Å². The first-order chi connectivity index (χ1) is 7.84. The van der Waals surface area contributed by atoms with Crippen molar-refractivity contribution in [1.82, 2.24) is 15.1 Å². The molecule has 0 unspecified atom stereocenters. The Bertz CT molecular complexity index is 510. The normalized spacial score (nSPS) is 11.5. The molecule has 1 heterocycles. The van der Waals surface area contributed by atoms with E-state index in [1.54, 1.807) is 0 Å². The van der Waals surface area contributed by atoms with Gasteiger partial charge in [0.15, 0.2) is 0 Å². The SMILES string of the molecule is CCCn1cc(S(=O)(=O)Cl)c(CNC(C)=O)n1. The Kier molecular flexibility index (Phi) is 4.53. The third-order valence-electron chi connectivity index (χ3n) is 2.02. The number of amides is 1. The topological polar surface area (TPSA) is 81.1 Å². The van der Waals surface area contributed by atoms with Crippen molar-refractivity contribution in [3.05, 3.63) is 11.9 Å². The molecule has 0 aromatic carbocycles. The van der Waals surface area contributed by atoms with Gasteiger partial charge in [-0.2, -0.15) is 5.10 Å². The van der Waals surface area contributed by atoms with Crippen LogP contribution in [0.25, 0.3) is 0 Å². The molecule has 6 nitrogen and oxygen atoms in total. The fourth-order valence-electron chi connectivity index (χ4n) is 1.32. The molecular formula is C9H14ClN3O3S. The van der Waals surface area contributed by atoms with Crippen LogP contribution in [0.15, 0.2) is 11.1 Å². The highest BCUT2D eigenvalue weighted by molar-refractivity contribution is 8.13. The van der Waals surface area contributed by atoms with Crippen molar-refractivity contribution in [2.45, 2.75) is 38.3 Å². The standard InChI is InChI=1S/C9H14ClN3O3S/c1-3-4-13-6-9(17(10,15)16)8(12-13)5-11-7(2)14/h6H,3-5H2,1-2H3,(H,11,14). The van der Waals surface area contributed by atoms with Gasteiger partial charge in [-0.25, -0.2) is 8.42 Å². The second-order valence-electron chi connectivity index (χ2n) is 3.55. The Labute approximate surface area is 104 Å². The molecule has 0 aliphatic heterocycles. The van der Waals surface area contributed by atoms with Crippen LogP contribution >= 0.6 is 10.7 Å². The lowest BCUT2D eigenvalue weighted by atomic mass is 10.4. The number of hydrogen-bond acceptors (Lipinski definition) is 4. The Morgan fingerprint density at radius 1 is 1.59 bits per heavy atom. The van der Waals surface area contributed by atoms with Crippen LogP contribution in [-0.4, -0.2) is 24.1 Å². The highest BCUT2D eigenvalue weighted by Crippen LogP contribution is 2.19. The van der Waals surface area contributed by atoms with Gasteiger partial charge in [0, 0.05) is 30.3 Å². The summed E-state index contributed by atoms with van der Waals surface area (Å²) in [6, 6.07) is 0. The average molecular weight is 280 g/mol. The second kappa shape index (κ2) is 5.50. The summed E-state index contributed by atoms with van der Waals surface area (Å²) in [6.45, 7) is 3.94. The maximum Gasteiger partial charge on any atom is 0.264 e. The number of rotatable bonds is 5. The van der Waals surface area contributed by atoms with Crippen LogP contribution in [0.3, 0.4) is 0 Å². The lowest BCUT2D eigenvalue weighted by Gasteiger charge is -2.00. The highest BCUT2D eigenvalue weighted by atomic mass is 35.7. The van der Waals surface area contributed by atoms with Crippen LogP contribution in [0, 0.1) is 0 Å². The zero-order valence-electron chi connectivity index (χ0n) is 9.60. The molecule has 1 rings (SSSR count).